The molecule has 0 saturated carbocycles. The molecule has 49 heavy (non-hydrogen) atoms. The van der Waals surface area contributed by atoms with Crippen molar-refractivity contribution in [3.8, 4) is 0 Å². The van der Waals surface area contributed by atoms with Crippen LogP contribution in [0.25, 0.3) is 0 Å². The highest BCUT2D eigenvalue weighted by Crippen LogP contribution is 2.30. The Kier molecular flexibility index (Phi) is 13.5. The molecule has 0 aromatic heterocycles. The van der Waals surface area contributed by atoms with Crippen molar-refractivity contribution in [2.45, 2.75) is 57.3 Å². The normalized spacial score (nSPS) is 17.1. The van der Waals surface area contributed by atoms with Crippen LogP contribution in [0.15, 0.2) is 121 Å². The average molecular weight is 671 g/mol. The Morgan fingerprint density at radius 3 is 1.67 bits per heavy atom. The molecule has 10 heteroatoms. The van der Waals surface area contributed by atoms with Crippen LogP contribution in [-0.2, 0) is 51.1 Å². The second-order valence-corrected chi connectivity index (χ2v) is 11.8. The number of carbonyl (C=O) groups is 2. The van der Waals surface area contributed by atoms with Crippen molar-refractivity contribution in [2.24, 2.45) is 0 Å². The van der Waals surface area contributed by atoms with E-state index in [2.05, 4.69) is 0 Å². The third kappa shape index (κ3) is 11.3. The maximum atomic E-state index is 13.6. The summed E-state index contributed by atoms with van der Waals surface area (Å²) in [6.07, 6.45) is -4.21. The SMILES string of the molecule is CC1(C)OC[C@H]([C@@H](OC(=O)c2ccccc2)[C@H](OC(=O)c2ccccc2)[C@@H](COCOCc2ccccc2)OCOCc2ccccc2)O1. The summed E-state index contributed by atoms with van der Waals surface area (Å²) in [7, 11) is 0. The molecule has 0 unspecified atom stereocenters. The molecule has 1 heterocycles. The van der Waals surface area contributed by atoms with Gasteiger partial charge in [-0.15, -0.1) is 0 Å². The van der Waals surface area contributed by atoms with E-state index in [9.17, 15) is 9.59 Å². The van der Waals surface area contributed by atoms with Crippen molar-refractivity contribution in [2.75, 3.05) is 26.8 Å². The van der Waals surface area contributed by atoms with Crippen LogP contribution in [0, 0.1) is 0 Å². The topological polar surface area (TPSA) is 108 Å². The summed E-state index contributed by atoms with van der Waals surface area (Å²) >= 11 is 0. The minimum absolute atomic E-state index is 0.0669. The maximum Gasteiger partial charge on any atom is 0.338 e. The lowest BCUT2D eigenvalue weighted by Gasteiger charge is -2.35. The van der Waals surface area contributed by atoms with E-state index >= 15 is 0 Å². The minimum atomic E-state index is -1.22. The van der Waals surface area contributed by atoms with Gasteiger partial charge in [0.15, 0.2) is 18.0 Å². The van der Waals surface area contributed by atoms with Crippen LogP contribution in [-0.4, -0.2) is 68.9 Å². The van der Waals surface area contributed by atoms with Crippen LogP contribution in [0.5, 0.6) is 0 Å². The van der Waals surface area contributed by atoms with Crippen molar-refractivity contribution < 1.29 is 47.5 Å². The second kappa shape index (κ2) is 18.4. The smallest absolute Gasteiger partial charge is 0.338 e. The molecule has 1 saturated heterocycles. The molecule has 0 N–H and O–H groups in total. The van der Waals surface area contributed by atoms with Gasteiger partial charge in [-0.25, -0.2) is 9.59 Å². The molecule has 0 spiro atoms. The van der Waals surface area contributed by atoms with E-state index in [0.717, 1.165) is 11.1 Å². The molecule has 258 valence electrons. The van der Waals surface area contributed by atoms with Crippen molar-refractivity contribution >= 4 is 11.9 Å². The molecule has 0 amide bonds. The highest BCUT2D eigenvalue weighted by molar-refractivity contribution is 5.90. The van der Waals surface area contributed by atoms with Gasteiger partial charge in [0.2, 0.25) is 0 Å². The van der Waals surface area contributed by atoms with Crippen LogP contribution in [0.2, 0.25) is 0 Å². The Hall–Kier alpha value is -4.42. The summed E-state index contributed by atoms with van der Waals surface area (Å²) in [5.41, 5.74) is 2.55. The van der Waals surface area contributed by atoms with E-state index in [1.54, 1.807) is 74.5 Å². The number of hydrogen-bond donors (Lipinski definition) is 0. The molecule has 0 radical (unpaired) electrons. The Morgan fingerprint density at radius 1 is 0.673 bits per heavy atom. The van der Waals surface area contributed by atoms with Gasteiger partial charge >= 0.3 is 11.9 Å². The summed E-state index contributed by atoms with van der Waals surface area (Å²) in [5, 5.41) is 0. The zero-order valence-electron chi connectivity index (χ0n) is 27.7. The van der Waals surface area contributed by atoms with Crippen molar-refractivity contribution in [3.63, 3.8) is 0 Å². The molecule has 5 rings (SSSR count). The first-order valence-electron chi connectivity index (χ1n) is 16.1. The second-order valence-electron chi connectivity index (χ2n) is 11.8. The summed E-state index contributed by atoms with van der Waals surface area (Å²) in [6, 6.07) is 36.4. The van der Waals surface area contributed by atoms with Gasteiger partial charge in [0.1, 0.15) is 25.8 Å². The quantitative estimate of drug-likeness (QED) is 0.0676. The number of hydrogen-bond acceptors (Lipinski definition) is 10. The van der Waals surface area contributed by atoms with Gasteiger partial charge in [0.05, 0.1) is 37.6 Å². The van der Waals surface area contributed by atoms with Crippen LogP contribution in [0.4, 0.5) is 0 Å². The highest BCUT2D eigenvalue weighted by Gasteiger charge is 2.47. The van der Waals surface area contributed by atoms with E-state index in [0.29, 0.717) is 17.7 Å². The first-order chi connectivity index (χ1) is 23.9. The maximum absolute atomic E-state index is 13.6. The molecule has 4 aromatic carbocycles. The van der Waals surface area contributed by atoms with Gasteiger partial charge < -0.3 is 37.9 Å². The third-order valence-electron chi connectivity index (χ3n) is 7.63. The van der Waals surface area contributed by atoms with E-state index < -0.39 is 42.1 Å². The first-order valence-corrected chi connectivity index (χ1v) is 16.1. The average Bonchev–Trinajstić information content (AvgIpc) is 3.51. The van der Waals surface area contributed by atoms with Gasteiger partial charge in [-0.2, -0.15) is 0 Å². The fourth-order valence-electron chi connectivity index (χ4n) is 5.18. The molecule has 4 atom stereocenters. The predicted molar refractivity (Wildman–Crippen MR) is 179 cm³/mol. The monoisotopic (exact) mass is 670 g/mol. The molecule has 1 aliphatic rings. The molecule has 0 bridgehead atoms. The van der Waals surface area contributed by atoms with Gasteiger partial charge in [-0.3, -0.25) is 0 Å². The van der Waals surface area contributed by atoms with Crippen molar-refractivity contribution in [3.05, 3.63) is 144 Å². The third-order valence-corrected chi connectivity index (χ3v) is 7.63. The van der Waals surface area contributed by atoms with E-state index in [-0.39, 0.29) is 33.4 Å². The molecule has 1 fully saturated rings. The molecule has 0 aliphatic carbocycles. The number of carbonyl (C=O) groups excluding carboxylic acids is 2. The Balaban J connectivity index is 1.40. The number of rotatable bonds is 18. The molecular weight excluding hydrogens is 628 g/mol. The zero-order chi connectivity index (χ0) is 34.3. The molecule has 4 aromatic rings. The number of benzene rings is 4. The first kappa shape index (κ1) is 35.9. The van der Waals surface area contributed by atoms with E-state index in [1.165, 1.54) is 0 Å². The van der Waals surface area contributed by atoms with Crippen LogP contribution in [0.1, 0.15) is 45.7 Å². The fourth-order valence-corrected chi connectivity index (χ4v) is 5.18. The zero-order valence-corrected chi connectivity index (χ0v) is 27.7. The lowest BCUT2D eigenvalue weighted by atomic mass is 10.0. The lowest BCUT2D eigenvalue weighted by Crippen LogP contribution is -2.53. The Labute approximate surface area is 286 Å². The minimum Gasteiger partial charge on any atom is -0.452 e. The summed E-state index contributed by atoms with van der Waals surface area (Å²) in [4.78, 5) is 27.2. The van der Waals surface area contributed by atoms with Crippen molar-refractivity contribution in [1.82, 2.24) is 0 Å². The van der Waals surface area contributed by atoms with E-state index in [4.69, 9.17) is 37.9 Å². The van der Waals surface area contributed by atoms with Gasteiger partial charge in [0, 0.05) is 0 Å². The summed E-state index contributed by atoms with van der Waals surface area (Å²) in [6.45, 7) is 3.83. The van der Waals surface area contributed by atoms with Crippen molar-refractivity contribution in [1.29, 1.82) is 0 Å². The molecule has 10 nitrogen and oxygen atoms in total. The number of ether oxygens (including phenoxy) is 8. The summed E-state index contributed by atoms with van der Waals surface area (Å²) < 4.78 is 48.1. The van der Waals surface area contributed by atoms with Crippen LogP contribution < -0.4 is 0 Å². The summed E-state index contributed by atoms with van der Waals surface area (Å²) in [5.74, 6) is -2.26. The predicted octanol–water partition coefficient (Wildman–Crippen LogP) is 6.34. The van der Waals surface area contributed by atoms with Gasteiger partial charge in [-0.05, 0) is 49.2 Å². The van der Waals surface area contributed by atoms with Gasteiger partial charge in [0.25, 0.3) is 0 Å². The largest absolute Gasteiger partial charge is 0.452 e. The van der Waals surface area contributed by atoms with Crippen LogP contribution in [0.3, 0.4) is 0 Å². The Morgan fingerprint density at radius 2 is 1.16 bits per heavy atom. The fraction of sp³-hybridized carbons (Fsp3) is 0.333. The molecule has 1 aliphatic heterocycles. The standard InChI is InChI=1S/C39H42O10/c1-39(2)46-26-34(49-39)36(48-38(41)32-21-13-6-14-22-32)35(47-37(40)31-19-11-5-12-20-31)33(45-28-43-24-30-17-9-4-10-18-30)25-44-27-42-23-29-15-7-3-8-16-29/h3-22,33-36H,23-28H2,1-2H3/t33-,34-,35-,36-/m1/s1. The Bertz CT molecular complexity index is 1550. The van der Waals surface area contributed by atoms with Crippen LogP contribution >= 0.6 is 0 Å². The highest BCUT2D eigenvalue weighted by atomic mass is 16.8. The number of esters is 2. The lowest BCUT2D eigenvalue weighted by molar-refractivity contribution is -0.201. The van der Waals surface area contributed by atoms with Gasteiger partial charge in [-0.1, -0.05) is 97.1 Å². The van der Waals surface area contributed by atoms with E-state index in [1.807, 2.05) is 60.7 Å². The molecular formula is C39H42O10.